The fraction of sp³-hybridized carbons (Fsp3) is 0.500. The number of carbonyl (C=O) groups is 2. The van der Waals surface area contributed by atoms with Crippen LogP contribution in [-0.4, -0.2) is 43.2 Å². The molecule has 6 nitrogen and oxygen atoms in total. The number of thioether (sulfide) groups is 1. The molecule has 0 spiro atoms. The maximum Gasteiger partial charge on any atom is 0.365 e. The molecule has 0 amide bonds. The second-order valence-corrected chi connectivity index (χ2v) is 5.65. The molecule has 8 heteroatoms. The van der Waals surface area contributed by atoms with E-state index in [0.29, 0.717) is 5.75 Å². The van der Waals surface area contributed by atoms with Crippen molar-refractivity contribution >= 4 is 34.2 Å². The lowest BCUT2D eigenvalue weighted by Gasteiger charge is -2.15. The Morgan fingerprint density at radius 2 is 2.17 bits per heavy atom. The number of aromatic nitrogens is 1. The van der Waals surface area contributed by atoms with Crippen LogP contribution in [0.4, 0.5) is 0 Å². The van der Waals surface area contributed by atoms with Crippen LogP contribution in [0.2, 0.25) is 0 Å². The smallest absolute Gasteiger partial charge is 0.365 e. The van der Waals surface area contributed by atoms with Gasteiger partial charge in [0.2, 0.25) is 5.01 Å². The van der Waals surface area contributed by atoms with Gasteiger partial charge in [-0.3, -0.25) is 4.79 Å². The van der Waals surface area contributed by atoms with Gasteiger partial charge < -0.3 is 15.3 Å². The first-order valence-electron chi connectivity index (χ1n) is 5.10. The number of hydrogen-bond acceptors (Lipinski definition) is 7. The van der Waals surface area contributed by atoms with Gasteiger partial charge in [0, 0.05) is 18.1 Å². The molecule has 0 aliphatic carbocycles. The molecule has 1 aromatic rings. The number of carboxylic acid groups (broad SMARTS) is 1. The summed E-state index contributed by atoms with van der Waals surface area (Å²) in [6, 6.07) is 0. The van der Waals surface area contributed by atoms with Crippen LogP contribution in [-0.2, 0) is 4.79 Å². The lowest BCUT2D eigenvalue weighted by Crippen LogP contribution is -2.19. The number of nitrogens with zero attached hydrogens (tertiary/aromatic N) is 1. The van der Waals surface area contributed by atoms with Gasteiger partial charge in [0.1, 0.15) is 6.10 Å². The second kappa shape index (κ2) is 6.83. The molecule has 0 aliphatic rings. The average molecular weight is 291 g/mol. The first kappa shape index (κ1) is 15.1. The summed E-state index contributed by atoms with van der Waals surface area (Å²) in [5.41, 5.74) is 0.137. The minimum absolute atomic E-state index is 0.0569. The molecule has 0 aliphatic heterocycles. The Morgan fingerprint density at radius 3 is 2.67 bits per heavy atom. The van der Waals surface area contributed by atoms with Gasteiger partial charge in [-0.25, -0.2) is 9.78 Å². The molecule has 0 radical (unpaired) electrons. The summed E-state index contributed by atoms with van der Waals surface area (Å²) in [7, 11) is 0. The molecule has 0 bridgehead atoms. The fourth-order valence-corrected chi connectivity index (χ4v) is 2.53. The molecule has 2 atom stereocenters. The quantitative estimate of drug-likeness (QED) is 0.714. The van der Waals surface area contributed by atoms with Crippen LogP contribution in [0.15, 0.2) is 5.38 Å². The number of carbonyl (C=O) groups excluding carboxylic acids is 1. The number of aliphatic hydroxyl groups excluding tert-OH is 2. The largest absolute Gasteiger partial charge is 0.476 e. The molecule has 0 saturated heterocycles. The van der Waals surface area contributed by atoms with Crippen LogP contribution < -0.4 is 0 Å². The van der Waals surface area contributed by atoms with E-state index in [2.05, 4.69) is 4.98 Å². The zero-order valence-electron chi connectivity index (χ0n) is 9.57. The van der Waals surface area contributed by atoms with E-state index in [1.54, 1.807) is 0 Å². The third kappa shape index (κ3) is 4.37. The fourth-order valence-electron chi connectivity index (χ4n) is 1.20. The van der Waals surface area contributed by atoms with Crippen molar-refractivity contribution in [2.75, 3.05) is 5.75 Å². The molecular weight excluding hydrogens is 278 g/mol. The summed E-state index contributed by atoms with van der Waals surface area (Å²) in [5, 5.41) is 29.3. The van der Waals surface area contributed by atoms with E-state index in [1.165, 1.54) is 12.3 Å². The Balaban J connectivity index is 2.53. The van der Waals surface area contributed by atoms with Crippen molar-refractivity contribution in [2.45, 2.75) is 25.6 Å². The summed E-state index contributed by atoms with van der Waals surface area (Å²) >= 11 is 1.95. The van der Waals surface area contributed by atoms with Gasteiger partial charge in [-0.15, -0.1) is 11.3 Å². The van der Waals surface area contributed by atoms with E-state index < -0.39 is 18.2 Å². The Kier molecular flexibility index (Phi) is 5.73. The zero-order chi connectivity index (χ0) is 13.7. The summed E-state index contributed by atoms with van der Waals surface area (Å²) in [5.74, 6) is -0.774. The third-order valence-electron chi connectivity index (χ3n) is 2.09. The molecule has 18 heavy (non-hydrogen) atoms. The number of thiazole rings is 1. The molecule has 0 saturated carbocycles. The molecule has 0 aromatic carbocycles. The van der Waals surface area contributed by atoms with Crippen LogP contribution in [0, 0.1) is 0 Å². The van der Waals surface area contributed by atoms with Crippen molar-refractivity contribution in [1.82, 2.24) is 4.98 Å². The lowest BCUT2D eigenvalue weighted by atomic mass is 10.1. The van der Waals surface area contributed by atoms with Crippen molar-refractivity contribution in [3.05, 3.63) is 16.1 Å². The standard InChI is InChI=1S/C10H13NO5S2/c1-5(12)17-3-2-7(13)8(14)6-4-18-9(11-6)10(15)16/h4,7-8,13-14H,2-3H2,1H3,(H,15,16). The van der Waals surface area contributed by atoms with Crippen molar-refractivity contribution in [3.8, 4) is 0 Å². The molecule has 1 heterocycles. The monoisotopic (exact) mass is 291 g/mol. The highest BCUT2D eigenvalue weighted by Gasteiger charge is 2.22. The van der Waals surface area contributed by atoms with Gasteiger partial charge >= 0.3 is 5.97 Å². The van der Waals surface area contributed by atoms with E-state index in [1.807, 2.05) is 0 Å². The SMILES string of the molecule is CC(=O)SCCC(O)C(O)c1csc(C(=O)O)n1. The van der Waals surface area contributed by atoms with Crippen molar-refractivity contribution in [3.63, 3.8) is 0 Å². The van der Waals surface area contributed by atoms with Crippen LogP contribution in [0.25, 0.3) is 0 Å². The predicted molar refractivity (Wildman–Crippen MR) is 67.8 cm³/mol. The van der Waals surface area contributed by atoms with Crippen LogP contribution in [0.5, 0.6) is 0 Å². The topological polar surface area (TPSA) is 108 Å². The summed E-state index contributed by atoms with van der Waals surface area (Å²) in [6.45, 7) is 1.42. The van der Waals surface area contributed by atoms with E-state index in [0.717, 1.165) is 23.1 Å². The highest BCUT2D eigenvalue weighted by atomic mass is 32.2. The Bertz CT molecular complexity index is 434. The minimum atomic E-state index is -1.23. The maximum absolute atomic E-state index is 10.7. The second-order valence-electron chi connectivity index (χ2n) is 3.52. The molecule has 0 fully saturated rings. The van der Waals surface area contributed by atoms with Crippen molar-refractivity contribution in [2.24, 2.45) is 0 Å². The Labute approximate surface area is 112 Å². The normalized spacial score (nSPS) is 14.2. The molecule has 2 unspecified atom stereocenters. The molecule has 1 rings (SSSR count). The van der Waals surface area contributed by atoms with Gasteiger partial charge in [-0.1, -0.05) is 11.8 Å². The van der Waals surface area contributed by atoms with E-state index in [-0.39, 0.29) is 22.2 Å². The van der Waals surface area contributed by atoms with E-state index in [9.17, 15) is 19.8 Å². The average Bonchev–Trinajstić information content (AvgIpc) is 2.76. The summed E-state index contributed by atoms with van der Waals surface area (Å²) in [6.07, 6.45) is -2.08. The summed E-state index contributed by atoms with van der Waals surface area (Å²) in [4.78, 5) is 25.0. The maximum atomic E-state index is 10.7. The van der Waals surface area contributed by atoms with Crippen LogP contribution in [0.1, 0.15) is 34.9 Å². The van der Waals surface area contributed by atoms with Crippen LogP contribution in [0.3, 0.4) is 0 Å². The van der Waals surface area contributed by atoms with Gasteiger partial charge in [-0.05, 0) is 6.42 Å². The highest BCUT2D eigenvalue weighted by Crippen LogP contribution is 2.22. The number of hydrogen-bond donors (Lipinski definition) is 3. The third-order valence-corrected chi connectivity index (χ3v) is 3.79. The number of aliphatic hydroxyl groups is 2. The first-order valence-corrected chi connectivity index (χ1v) is 6.96. The predicted octanol–water partition coefficient (Wildman–Crippen LogP) is 0.905. The van der Waals surface area contributed by atoms with Crippen molar-refractivity contribution < 1.29 is 24.9 Å². The lowest BCUT2D eigenvalue weighted by molar-refractivity contribution is -0.109. The van der Waals surface area contributed by atoms with Crippen LogP contribution >= 0.6 is 23.1 Å². The van der Waals surface area contributed by atoms with Gasteiger partial charge in [0.25, 0.3) is 0 Å². The van der Waals surface area contributed by atoms with E-state index in [4.69, 9.17) is 5.11 Å². The minimum Gasteiger partial charge on any atom is -0.476 e. The van der Waals surface area contributed by atoms with E-state index >= 15 is 0 Å². The molecule has 3 N–H and O–H groups in total. The number of aromatic carboxylic acids is 1. The Morgan fingerprint density at radius 1 is 1.50 bits per heavy atom. The number of carboxylic acids is 1. The molecule has 100 valence electrons. The van der Waals surface area contributed by atoms with Gasteiger partial charge in [0.15, 0.2) is 5.12 Å². The molecule has 1 aromatic heterocycles. The van der Waals surface area contributed by atoms with Gasteiger partial charge in [0.05, 0.1) is 11.8 Å². The van der Waals surface area contributed by atoms with Gasteiger partial charge in [-0.2, -0.15) is 0 Å². The summed E-state index contributed by atoms with van der Waals surface area (Å²) < 4.78 is 0. The highest BCUT2D eigenvalue weighted by molar-refractivity contribution is 8.13. The number of rotatable bonds is 6. The zero-order valence-corrected chi connectivity index (χ0v) is 11.2. The Hall–Kier alpha value is -0.960. The van der Waals surface area contributed by atoms with Crippen molar-refractivity contribution in [1.29, 1.82) is 0 Å². The molecular formula is C10H13NO5S2. The first-order chi connectivity index (χ1) is 8.41.